The van der Waals surface area contributed by atoms with Crippen LogP contribution >= 0.6 is 11.3 Å². The zero-order valence-electron chi connectivity index (χ0n) is 13.7. The van der Waals surface area contributed by atoms with Gasteiger partial charge < -0.3 is 9.84 Å². The van der Waals surface area contributed by atoms with Gasteiger partial charge in [-0.2, -0.15) is 0 Å². The van der Waals surface area contributed by atoms with Crippen LogP contribution in [-0.2, 0) is 0 Å². The fraction of sp³-hybridized carbons (Fsp3) is 0.375. The van der Waals surface area contributed by atoms with E-state index in [0.717, 1.165) is 21.3 Å². The number of aromatic nitrogens is 3. The van der Waals surface area contributed by atoms with Crippen molar-refractivity contribution in [1.29, 1.82) is 0 Å². The van der Waals surface area contributed by atoms with Crippen LogP contribution in [0.2, 0.25) is 0 Å². The highest BCUT2D eigenvalue weighted by molar-refractivity contribution is 7.11. The molecule has 0 saturated heterocycles. The number of nitrogens with zero attached hydrogens (tertiary/aromatic N) is 3. The number of carbonyl (C=O) groups is 1. The van der Waals surface area contributed by atoms with Gasteiger partial charge in [-0.15, -0.1) is 11.3 Å². The molecule has 3 heterocycles. The third kappa shape index (κ3) is 2.84. The summed E-state index contributed by atoms with van der Waals surface area (Å²) in [5.74, 6) is -0.162. The summed E-state index contributed by atoms with van der Waals surface area (Å²) in [7, 11) is 0. The number of aryl methyl sites for hydroxylation is 4. The first-order valence-corrected chi connectivity index (χ1v) is 8.17. The molecule has 0 aliphatic rings. The van der Waals surface area contributed by atoms with Gasteiger partial charge in [-0.1, -0.05) is 5.16 Å². The lowest BCUT2D eigenvalue weighted by Gasteiger charge is -2.13. The van der Waals surface area contributed by atoms with Gasteiger partial charge in [0.1, 0.15) is 0 Å². The summed E-state index contributed by atoms with van der Waals surface area (Å²) in [5, 5.41) is 8.61. The molecule has 1 N–H and O–H groups in total. The number of hydrogen-bond acceptors (Lipinski definition) is 6. The molecular weight excluding hydrogens is 312 g/mol. The Morgan fingerprint density at radius 1 is 1.22 bits per heavy atom. The van der Waals surface area contributed by atoms with E-state index in [0.29, 0.717) is 22.4 Å². The smallest absolute Gasteiger partial charge is 0.258 e. The minimum Gasteiger partial charge on any atom is -0.345 e. The summed E-state index contributed by atoms with van der Waals surface area (Å²) in [6.45, 7) is 9.52. The first kappa shape index (κ1) is 15.6. The van der Waals surface area contributed by atoms with Crippen LogP contribution in [0.1, 0.15) is 50.3 Å². The van der Waals surface area contributed by atoms with Gasteiger partial charge in [-0.3, -0.25) is 4.79 Å². The standard InChI is InChI=1S/C16H18N4O2S/c1-7-6-12(13-8(2)20-22-16(13)17-7)15(21)19-10(4)14-9(3)18-11(5)23-14/h6,10H,1-5H3,(H,19,21). The Hall–Kier alpha value is -2.28. The summed E-state index contributed by atoms with van der Waals surface area (Å²) in [5.41, 5.74) is 3.27. The lowest BCUT2D eigenvalue weighted by molar-refractivity contribution is 0.0942. The van der Waals surface area contributed by atoms with Crippen molar-refractivity contribution in [3.05, 3.63) is 38.6 Å². The van der Waals surface area contributed by atoms with Gasteiger partial charge >= 0.3 is 0 Å². The molecule has 0 aliphatic carbocycles. The van der Waals surface area contributed by atoms with E-state index in [1.165, 1.54) is 0 Å². The second-order valence-electron chi connectivity index (χ2n) is 5.64. The molecule has 0 fully saturated rings. The summed E-state index contributed by atoms with van der Waals surface area (Å²) in [6.07, 6.45) is 0. The van der Waals surface area contributed by atoms with Gasteiger partial charge in [-0.25, -0.2) is 9.97 Å². The highest BCUT2D eigenvalue weighted by Gasteiger charge is 2.21. The van der Waals surface area contributed by atoms with E-state index >= 15 is 0 Å². The molecule has 3 aromatic rings. The SMILES string of the molecule is Cc1cc(C(=O)NC(C)c2sc(C)nc2C)c2c(C)noc2n1. The Bertz CT molecular complexity index is 897. The van der Waals surface area contributed by atoms with E-state index in [4.69, 9.17) is 4.52 Å². The molecule has 7 heteroatoms. The number of rotatable bonds is 3. The van der Waals surface area contributed by atoms with E-state index in [1.54, 1.807) is 24.3 Å². The van der Waals surface area contributed by atoms with E-state index < -0.39 is 0 Å². The number of pyridine rings is 1. The monoisotopic (exact) mass is 330 g/mol. The molecule has 0 aromatic carbocycles. The molecule has 3 rings (SSSR count). The number of thiazole rings is 1. The molecular formula is C16H18N4O2S. The molecule has 1 unspecified atom stereocenters. The highest BCUT2D eigenvalue weighted by atomic mass is 32.1. The van der Waals surface area contributed by atoms with E-state index in [1.807, 2.05) is 27.7 Å². The van der Waals surface area contributed by atoms with Crippen LogP contribution in [0.4, 0.5) is 0 Å². The van der Waals surface area contributed by atoms with Crippen molar-refractivity contribution in [2.24, 2.45) is 0 Å². The topological polar surface area (TPSA) is 80.9 Å². The van der Waals surface area contributed by atoms with Gasteiger partial charge in [0.25, 0.3) is 11.6 Å². The van der Waals surface area contributed by atoms with Crippen LogP contribution in [0.25, 0.3) is 11.1 Å². The molecule has 0 aliphatic heterocycles. The fourth-order valence-electron chi connectivity index (χ4n) is 2.69. The molecule has 6 nitrogen and oxygen atoms in total. The first-order chi connectivity index (χ1) is 10.9. The molecule has 0 bridgehead atoms. The van der Waals surface area contributed by atoms with Gasteiger partial charge in [0.2, 0.25) is 0 Å². The highest BCUT2D eigenvalue weighted by Crippen LogP contribution is 2.26. The Kier molecular flexibility index (Phi) is 3.89. The maximum Gasteiger partial charge on any atom is 0.258 e. The van der Waals surface area contributed by atoms with Crippen molar-refractivity contribution in [1.82, 2.24) is 20.4 Å². The normalized spacial score (nSPS) is 12.6. The van der Waals surface area contributed by atoms with Crippen molar-refractivity contribution in [3.8, 4) is 0 Å². The predicted octanol–water partition coefficient (Wildman–Crippen LogP) is 3.40. The van der Waals surface area contributed by atoms with E-state index in [9.17, 15) is 4.79 Å². The van der Waals surface area contributed by atoms with Crippen LogP contribution in [0.3, 0.4) is 0 Å². The number of fused-ring (bicyclic) bond motifs is 1. The van der Waals surface area contributed by atoms with Crippen molar-refractivity contribution >= 4 is 28.3 Å². The summed E-state index contributed by atoms with van der Waals surface area (Å²) < 4.78 is 5.18. The van der Waals surface area contributed by atoms with Crippen LogP contribution < -0.4 is 5.32 Å². The molecule has 1 amide bonds. The van der Waals surface area contributed by atoms with Gasteiger partial charge in [-0.05, 0) is 40.7 Å². The Labute approximate surface area is 137 Å². The van der Waals surface area contributed by atoms with Crippen molar-refractivity contribution in [2.45, 2.75) is 40.7 Å². The van der Waals surface area contributed by atoms with E-state index in [-0.39, 0.29) is 11.9 Å². The third-order valence-electron chi connectivity index (χ3n) is 3.67. The average molecular weight is 330 g/mol. The number of carbonyl (C=O) groups excluding carboxylic acids is 1. The van der Waals surface area contributed by atoms with Crippen LogP contribution in [0.5, 0.6) is 0 Å². The molecule has 0 saturated carbocycles. The van der Waals surface area contributed by atoms with Crippen LogP contribution in [-0.4, -0.2) is 21.0 Å². The second kappa shape index (κ2) is 5.73. The van der Waals surface area contributed by atoms with Crippen molar-refractivity contribution in [2.75, 3.05) is 0 Å². The van der Waals surface area contributed by atoms with Gasteiger partial charge in [0.15, 0.2) is 0 Å². The minimum absolute atomic E-state index is 0.114. The largest absolute Gasteiger partial charge is 0.345 e. The predicted molar refractivity (Wildman–Crippen MR) is 88.7 cm³/mol. The second-order valence-corrected chi connectivity index (χ2v) is 6.87. The summed E-state index contributed by atoms with van der Waals surface area (Å²) in [6, 6.07) is 1.65. The Morgan fingerprint density at radius 3 is 2.61 bits per heavy atom. The van der Waals surface area contributed by atoms with Crippen molar-refractivity contribution < 1.29 is 9.32 Å². The van der Waals surface area contributed by atoms with Crippen LogP contribution in [0, 0.1) is 27.7 Å². The lowest BCUT2D eigenvalue weighted by Crippen LogP contribution is -2.27. The van der Waals surface area contributed by atoms with Crippen molar-refractivity contribution in [3.63, 3.8) is 0 Å². The van der Waals surface area contributed by atoms with Gasteiger partial charge in [0.05, 0.1) is 33.4 Å². The number of hydrogen-bond donors (Lipinski definition) is 1. The summed E-state index contributed by atoms with van der Waals surface area (Å²) in [4.78, 5) is 22.5. The molecule has 0 spiro atoms. The number of nitrogens with one attached hydrogen (secondary N) is 1. The average Bonchev–Trinajstić information content (AvgIpc) is 3.00. The zero-order chi connectivity index (χ0) is 16.7. The first-order valence-electron chi connectivity index (χ1n) is 7.35. The quantitative estimate of drug-likeness (QED) is 0.796. The molecule has 1 atom stereocenters. The Morgan fingerprint density at radius 2 is 1.96 bits per heavy atom. The lowest BCUT2D eigenvalue weighted by atomic mass is 10.1. The summed E-state index contributed by atoms with van der Waals surface area (Å²) >= 11 is 1.60. The zero-order valence-corrected chi connectivity index (χ0v) is 14.5. The molecule has 23 heavy (non-hydrogen) atoms. The number of amides is 1. The van der Waals surface area contributed by atoms with E-state index in [2.05, 4.69) is 20.4 Å². The molecule has 3 aromatic heterocycles. The maximum absolute atomic E-state index is 12.7. The van der Waals surface area contributed by atoms with Gasteiger partial charge in [0, 0.05) is 10.6 Å². The minimum atomic E-state index is -0.162. The fourth-order valence-corrected chi connectivity index (χ4v) is 3.62. The Balaban J connectivity index is 1.95. The van der Waals surface area contributed by atoms with Crippen LogP contribution in [0.15, 0.2) is 10.6 Å². The maximum atomic E-state index is 12.7. The third-order valence-corrected chi connectivity index (χ3v) is 4.93. The molecule has 0 radical (unpaired) electrons. The molecule has 120 valence electrons.